The summed E-state index contributed by atoms with van der Waals surface area (Å²) in [7, 11) is -4.20. The Morgan fingerprint density at radius 1 is 1.03 bits per heavy atom. The summed E-state index contributed by atoms with van der Waals surface area (Å²) in [5.74, 6) is -0.544. The number of nitrogens with zero attached hydrogens (tertiary/aromatic N) is 2. The SMILES string of the molecule is N#Cc1ccc(C(ON=C2CCNCC2)S(=O)(=O)c2ccc(OC(F)(F)F)cc2)cc1. The van der Waals surface area contributed by atoms with E-state index in [-0.39, 0.29) is 10.5 Å². The third kappa shape index (κ3) is 5.96. The van der Waals surface area contributed by atoms with Gasteiger partial charge >= 0.3 is 6.36 Å². The van der Waals surface area contributed by atoms with Crippen LogP contribution in [0, 0.1) is 11.3 Å². The number of sulfone groups is 1. The first-order chi connectivity index (χ1) is 14.7. The van der Waals surface area contributed by atoms with Gasteiger partial charge in [0.25, 0.3) is 5.44 Å². The van der Waals surface area contributed by atoms with Gasteiger partial charge in [-0.1, -0.05) is 17.3 Å². The molecule has 1 atom stereocenters. The molecule has 0 aromatic heterocycles. The van der Waals surface area contributed by atoms with Crippen molar-refractivity contribution in [2.24, 2.45) is 5.16 Å². The van der Waals surface area contributed by atoms with Crippen LogP contribution in [0.4, 0.5) is 13.2 Å². The molecule has 7 nitrogen and oxygen atoms in total. The number of alkyl halides is 3. The highest BCUT2D eigenvalue weighted by Crippen LogP contribution is 2.32. The number of oxime groups is 1. The van der Waals surface area contributed by atoms with Gasteiger partial charge in [0.1, 0.15) is 5.75 Å². The van der Waals surface area contributed by atoms with Crippen LogP contribution in [0.3, 0.4) is 0 Å². The fourth-order valence-corrected chi connectivity index (χ4v) is 4.33. The molecule has 1 saturated heterocycles. The first-order valence-corrected chi connectivity index (χ1v) is 10.8. The van der Waals surface area contributed by atoms with Crippen molar-refractivity contribution in [1.29, 1.82) is 5.26 Å². The Labute approximate surface area is 177 Å². The van der Waals surface area contributed by atoms with Gasteiger partial charge in [-0.15, -0.1) is 13.2 Å². The molecule has 0 spiro atoms. The van der Waals surface area contributed by atoms with Crippen molar-refractivity contribution in [3.63, 3.8) is 0 Å². The van der Waals surface area contributed by atoms with Gasteiger partial charge < -0.3 is 14.9 Å². The van der Waals surface area contributed by atoms with Crippen molar-refractivity contribution in [1.82, 2.24) is 5.32 Å². The second-order valence-electron chi connectivity index (χ2n) is 6.64. The molecular weight excluding hydrogens is 435 g/mol. The van der Waals surface area contributed by atoms with Gasteiger partial charge in [0, 0.05) is 31.5 Å². The molecule has 1 N–H and O–H groups in total. The molecule has 0 amide bonds. The minimum atomic E-state index is -4.89. The molecule has 1 aliphatic heterocycles. The predicted molar refractivity (Wildman–Crippen MR) is 105 cm³/mol. The Morgan fingerprint density at radius 3 is 2.19 bits per heavy atom. The Hall–Kier alpha value is -3.10. The van der Waals surface area contributed by atoms with Crippen LogP contribution in [0.1, 0.15) is 29.4 Å². The zero-order valence-corrected chi connectivity index (χ0v) is 16.9. The second kappa shape index (κ2) is 9.36. The van der Waals surface area contributed by atoms with E-state index in [9.17, 15) is 21.6 Å². The number of piperidine rings is 1. The Kier molecular flexibility index (Phi) is 6.82. The van der Waals surface area contributed by atoms with E-state index < -0.39 is 27.4 Å². The molecule has 1 aliphatic rings. The van der Waals surface area contributed by atoms with Gasteiger partial charge in [-0.25, -0.2) is 8.42 Å². The number of rotatable bonds is 6. The first-order valence-electron chi connectivity index (χ1n) is 9.21. The molecule has 0 aliphatic carbocycles. The molecule has 0 radical (unpaired) electrons. The van der Waals surface area contributed by atoms with Crippen molar-refractivity contribution < 1.29 is 31.2 Å². The van der Waals surface area contributed by atoms with Crippen molar-refractivity contribution in [3.05, 3.63) is 59.7 Å². The Morgan fingerprint density at radius 2 is 1.65 bits per heavy atom. The zero-order valence-electron chi connectivity index (χ0n) is 16.1. The lowest BCUT2D eigenvalue weighted by atomic mass is 10.1. The zero-order chi connectivity index (χ0) is 22.5. The van der Waals surface area contributed by atoms with E-state index in [4.69, 9.17) is 10.1 Å². The van der Waals surface area contributed by atoms with E-state index in [1.165, 1.54) is 24.3 Å². The summed E-state index contributed by atoms with van der Waals surface area (Å²) in [4.78, 5) is 5.19. The highest BCUT2D eigenvalue weighted by Gasteiger charge is 2.34. The van der Waals surface area contributed by atoms with Crippen LogP contribution in [0.2, 0.25) is 0 Å². The second-order valence-corrected chi connectivity index (χ2v) is 8.63. The quantitative estimate of drug-likeness (QED) is 0.670. The van der Waals surface area contributed by atoms with E-state index in [1.807, 2.05) is 6.07 Å². The summed E-state index contributed by atoms with van der Waals surface area (Å²) in [6.45, 7) is 1.38. The number of halogens is 3. The van der Waals surface area contributed by atoms with Gasteiger partial charge in [0.05, 0.1) is 22.2 Å². The molecule has 11 heteroatoms. The average molecular weight is 453 g/mol. The van der Waals surface area contributed by atoms with E-state index in [1.54, 1.807) is 0 Å². The smallest absolute Gasteiger partial charge is 0.406 e. The van der Waals surface area contributed by atoms with Gasteiger partial charge in [0.2, 0.25) is 9.84 Å². The number of nitriles is 1. The number of benzene rings is 2. The third-order valence-electron chi connectivity index (χ3n) is 4.44. The Balaban J connectivity index is 1.93. The maximum atomic E-state index is 13.2. The summed E-state index contributed by atoms with van der Waals surface area (Å²) in [5, 5.41) is 16.1. The van der Waals surface area contributed by atoms with Crippen LogP contribution in [0.25, 0.3) is 0 Å². The lowest BCUT2D eigenvalue weighted by Gasteiger charge is -2.19. The van der Waals surface area contributed by atoms with Crippen molar-refractivity contribution >= 4 is 15.5 Å². The molecule has 2 aromatic carbocycles. The Bertz CT molecular complexity index is 1070. The molecule has 2 aromatic rings. The monoisotopic (exact) mass is 453 g/mol. The normalized spacial score (nSPS) is 15.6. The van der Waals surface area contributed by atoms with Crippen LogP contribution < -0.4 is 10.1 Å². The van der Waals surface area contributed by atoms with Crippen LogP contribution in [0.15, 0.2) is 58.6 Å². The predicted octanol–water partition coefficient (Wildman–Crippen LogP) is 3.69. The van der Waals surface area contributed by atoms with Crippen molar-refractivity contribution in [2.75, 3.05) is 13.1 Å². The van der Waals surface area contributed by atoms with E-state index in [2.05, 4.69) is 15.2 Å². The molecule has 31 heavy (non-hydrogen) atoms. The number of hydrogen-bond acceptors (Lipinski definition) is 7. The summed E-state index contributed by atoms with van der Waals surface area (Å²) in [6, 6.07) is 11.5. The first kappa shape index (κ1) is 22.6. The van der Waals surface area contributed by atoms with Gasteiger partial charge in [-0.05, 0) is 36.4 Å². The molecule has 0 bridgehead atoms. The molecule has 0 saturated carbocycles. The highest BCUT2D eigenvalue weighted by molar-refractivity contribution is 7.91. The largest absolute Gasteiger partial charge is 0.573 e. The fraction of sp³-hybridized carbons (Fsp3) is 0.300. The molecule has 1 unspecified atom stereocenters. The fourth-order valence-electron chi connectivity index (χ4n) is 2.90. The van der Waals surface area contributed by atoms with Crippen molar-refractivity contribution in [3.8, 4) is 11.8 Å². The molecule has 1 fully saturated rings. The van der Waals surface area contributed by atoms with Crippen LogP contribution in [-0.2, 0) is 14.7 Å². The van der Waals surface area contributed by atoms with Gasteiger partial charge in [-0.3, -0.25) is 0 Å². The van der Waals surface area contributed by atoms with Gasteiger partial charge in [0.15, 0.2) is 0 Å². The molecule has 3 rings (SSSR count). The maximum absolute atomic E-state index is 13.2. The maximum Gasteiger partial charge on any atom is 0.573 e. The van der Waals surface area contributed by atoms with E-state index in [0.717, 1.165) is 24.3 Å². The summed E-state index contributed by atoms with van der Waals surface area (Å²) < 4.78 is 67.3. The summed E-state index contributed by atoms with van der Waals surface area (Å²) >= 11 is 0. The van der Waals surface area contributed by atoms with Crippen molar-refractivity contribution in [2.45, 2.75) is 29.5 Å². The third-order valence-corrected chi connectivity index (χ3v) is 6.29. The number of ether oxygens (including phenoxy) is 1. The number of hydrogen-bond donors (Lipinski definition) is 1. The standard InChI is InChI=1S/C20H18F3N3O4S/c21-20(22,23)29-17-5-7-18(8-6-17)31(27,28)19(15-3-1-14(13-24)2-4-15)30-26-16-9-11-25-12-10-16/h1-8,19,25H,9-12H2. The topological polar surface area (TPSA) is 101 Å². The molecule has 1 heterocycles. The summed E-state index contributed by atoms with van der Waals surface area (Å²) in [6.07, 6.45) is -3.69. The van der Waals surface area contributed by atoms with Crippen LogP contribution >= 0.6 is 0 Å². The van der Waals surface area contributed by atoms with E-state index in [0.29, 0.717) is 37.2 Å². The van der Waals surface area contributed by atoms with E-state index >= 15 is 0 Å². The highest BCUT2D eigenvalue weighted by atomic mass is 32.2. The minimum absolute atomic E-state index is 0.230. The van der Waals surface area contributed by atoms with Crippen LogP contribution in [-0.4, -0.2) is 33.6 Å². The molecular formula is C20H18F3N3O4S. The lowest BCUT2D eigenvalue weighted by molar-refractivity contribution is -0.274. The summed E-state index contributed by atoms with van der Waals surface area (Å²) in [5.41, 5.74) is -0.287. The lowest BCUT2D eigenvalue weighted by Crippen LogP contribution is -2.28. The van der Waals surface area contributed by atoms with Gasteiger partial charge in [-0.2, -0.15) is 5.26 Å². The molecule has 164 valence electrons. The number of nitrogens with one attached hydrogen (secondary N) is 1. The average Bonchev–Trinajstić information content (AvgIpc) is 2.74. The van der Waals surface area contributed by atoms with Crippen LogP contribution in [0.5, 0.6) is 5.75 Å². The minimum Gasteiger partial charge on any atom is -0.406 e.